The second kappa shape index (κ2) is 7.48. The minimum atomic E-state index is -1.34. The number of hydrogen-bond acceptors (Lipinski definition) is 4. The molecule has 2 N–H and O–H groups in total. The summed E-state index contributed by atoms with van der Waals surface area (Å²) < 4.78 is 13.2. The van der Waals surface area contributed by atoms with Crippen LogP contribution in [-0.2, 0) is 15.1 Å². The highest BCUT2D eigenvalue weighted by molar-refractivity contribution is 6.10. The number of rotatable bonds is 5. The number of hydrogen-bond donors (Lipinski definition) is 2. The molecule has 1 aliphatic heterocycles. The van der Waals surface area contributed by atoms with E-state index in [1.54, 1.807) is 25.1 Å². The molecule has 0 spiro atoms. The summed E-state index contributed by atoms with van der Waals surface area (Å²) in [5.41, 5.74) is -0.143. The van der Waals surface area contributed by atoms with E-state index in [2.05, 4.69) is 10.6 Å². The lowest BCUT2D eigenvalue weighted by Crippen LogP contribution is -2.44. The third kappa shape index (κ3) is 3.42. The molecule has 2 aromatic rings. The number of halogens is 1. The minimum absolute atomic E-state index is 0.242. The van der Waals surface area contributed by atoms with Crippen LogP contribution in [-0.4, -0.2) is 29.3 Å². The SMILES string of the molecule is CC[C@@]1(c2ccc(F)cc2)NC(=O)N(CC(=O)Nc2cccc(C#N)c2)C1=O. The molecule has 1 aliphatic rings. The van der Waals surface area contributed by atoms with Crippen LogP contribution >= 0.6 is 0 Å². The zero-order chi connectivity index (χ0) is 20.3. The number of amides is 4. The van der Waals surface area contributed by atoms with Crippen molar-refractivity contribution in [3.63, 3.8) is 0 Å². The van der Waals surface area contributed by atoms with Crippen LogP contribution in [0.25, 0.3) is 0 Å². The molecule has 7 nitrogen and oxygen atoms in total. The fourth-order valence-electron chi connectivity index (χ4n) is 3.15. The third-order valence-electron chi connectivity index (χ3n) is 4.62. The number of nitrogens with one attached hydrogen (secondary N) is 2. The molecule has 0 aromatic heterocycles. The van der Waals surface area contributed by atoms with Crippen molar-refractivity contribution in [2.75, 3.05) is 11.9 Å². The van der Waals surface area contributed by atoms with Crippen molar-refractivity contribution < 1.29 is 18.8 Å². The van der Waals surface area contributed by atoms with E-state index in [1.165, 1.54) is 30.3 Å². The molecule has 0 unspecified atom stereocenters. The van der Waals surface area contributed by atoms with Gasteiger partial charge in [-0.25, -0.2) is 9.18 Å². The second-order valence-corrected chi connectivity index (χ2v) is 6.33. The maximum atomic E-state index is 13.2. The molecule has 1 saturated heterocycles. The average molecular weight is 380 g/mol. The van der Waals surface area contributed by atoms with E-state index >= 15 is 0 Å². The van der Waals surface area contributed by atoms with Gasteiger partial charge in [0.25, 0.3) is 5.91 Å². The highest BCUT2D eigenvalue weighted by Gasteiger charge is 2.51. The van der Waals surface area contributed by atoms with E-state index < -0.39 is 35.7 Å². The van der Waals surface area contributed by atoms with Crippen LogP contribution in [0.1, 0.15) is 24.5 Å². The highest BCUT2D eigenvalue weighted by Crippen LogP contribution is 2.32. The summed E-state index contributed by atoms with van der Waals surface area (Å²) in [4.78, 5) is 38.5. The Morgan fingerprint density at radius 1 is 1.25 bits per heavy atom. The van der Waals surface area contributed by atoms with Gasteiger partial charge in [-0.2, -0.15) is 5.26 Å². The first-order valence-corrected chi connectivity index (χ1v) is 8.60. The van der Waals surface area contributed by atoms with Gasteiger partial charge in [0.05, 0.1) is 11.6 Å². The van der Waals surface area contributed by atoms with E-state index in [9.17, 15) is 18.8 Å². The van der Waals surface area contributed by atoms with Gasteiger partial charge in [-0.1, -0.05) is 25.1 Å². The van der Waals surface area contributed by atoms with Gasteiger partial charge < -0.3 is 10.6 Å². The number of nitrogens with zero attached hydrogens (tertiary/aromatic N) is 2. The number of benzene rings is 2. The number of urea groups is 1. The van der Waals surface area contributed by atoms with Crippen LogP contribution in [0.3, 0.4) is 0 Å². The average Bonchev–Trinajstić information content (AvgIpc) is 2.93. The molecule has 0 radical (unpaired) electrons. The molecule has 1 heterocycles. The summed E-state index contributed by atoms with van der Waals surface area (Å²) in [5.74, 6) is -1.61. The molecule has 3 rings (SSSR count). The Morgan fingerprint density at radius 2 is 1.96 bits per heavy atom. The molecule has 0 aliphatic carbocycles. The quantitative estimate of drug-likeness (QED) is 0.778. The molecule has 0 bridgehead atoms. The standard InChI is InChI=1S/C20H17FN4O3/c1-2-20(14-6-8-15(21)9-7-14)18(27)25(19(28)24-20)12-17(26)23-16-5-3-4-13(10-16)11-22/h3-10H,2,12H2,1H3,(H,23,26)(H,24,28)/t20-/m0/s1. The Kier molecular flexibility index (Phi) is 5.09. The minimum Gasteiger partial charge on any atom is -0.324 e. The van der Waals surface area contributed by atoms with Gasteiger partial charge in [-0.15, -0.1) is 0 Å². The zero-order valence-electron chi connectivity index (χ0n) is 15.0. The third-order valence-corrected chi connectivity index (χ3v) is 4.62. The monoisotopic (exact) mass is 380 g/mol. The maximum absolute atomic E-state index is 13.2. The Hall–Kier alpha value is -3.73. The smallest absolute Gasteiger partial charge is 0.324 e. The summed E-state index contributed by atoms with van der Waals surface area (Å²) in [6.45, 7) is 1.24. The van der Waals surface area contributed by atoms with Crippen molar-refractivity contribution in [2.24, 2.45) is 0 Å². The van der Waals surface area contributed by atoms with Gasteiger partial charge in [0.1, 0.15) is 17.9 Å². The maximum Gasteiger partial charge on any atom is 0.325 e. The molecular weight excluding hydrogens is 363 g/mol. The summed E-state index contributed by atoms with van der Waals surface area (Å²) in [6.07, 6.45) is 0.242. The Bertz CT molecular complexity index is 984. The summed E-state index contributed by atoms with van der Waals surface area (Å²) in [6, 6.07) is 12.8. The van der Waals surface area contributed by atoms with Gasteiger partial charge >= 0.3 is 6.03 Å². The molecule has 2 aromatic carbocycles. The largest absolute Gasteiger partial charge is 0.325 e. The Labute approximate surface area is 160 Å². The van der Waals surface area contributed by atoms with Crippen LogP contribution in [0.4, 0.5) is 14.9 Å². The fourth-order valence-corrected chi connectivity index (χ4v) is 3.15. The van der Waals surface area contributed by atoms with E-state index in [1.807, 2.05) is 6.07 Å². The van der Waals surface area contributed by atoms with E-state index in [0.29, 0.717) is 16.8 Å². The van der Waals surface area contributed by atoms with Gasteiger partial charge in [-0.05, 0) is 42.3 Å². The van der Waals surface area contributed by atoms with Gasteiger partial charge in [-0.3, -0.25) is 14.5 Å². The number of carbonyl (C=O) groups is 3. The van der Waals surface area contributed by atoms with Crippen LogP contribution in [0, 0.1) is 17.1 Å². The molecular formula is C20H17FN4O3. The number of imide groups is 1. The van der Waals surface area contributed by atoms with Crippen molar-refractivity contribution >= 4 is 23.5 Å². The van der Waals surface area contributed by atoms with Gasteiger partial charge in [0.2, 0.25) is 5.91 Å². The molecule has 4 amide bonds. The van der Waals surface area contributed by atoms with Crippen LogP contribution in [0.15, 0.2) is 48.5 Å². The van der Waals surface area contributed by atoms with Crippen LogP contribution in [0.5, 0.6) is 0 Å². The van der Waals surface area contributed by atoms with E-state index in [4.69, 9.17) is 5.26 Å². The summed E-state index contributed by atoms with van der Waals surface area (Å²) >= 11 is 0. The lowest BCUT2D eigenvalue weighted by molar-refractivity contribution is -0.134. The van der Waals surface area contributed by atoms with E-state index in [0.717, 1.165) is 4.90 Å². The normalized spacial score (nSPS) is 18.5. The van der Waals surface area contributed by atoms with Crippen molar-refractivity contribution in [3.8, 4) is 6.07 Å². The lowest BCUT2D eigenvalue weighted by atomic mass is 9.87. The molecule has 1 fully saturated rings. The first-order chi connectivity index (χ1) is 13.4. The van der Waals surface area contributed by atoms with Gasteiger partial charge in [0, 0.05) is 5.69 Å². The van der Waals surface area contributed by atoms with Crippen molar-refractivity contribution in [1.82, 2.24) is 10.2 Å². The predicted octanol–water partition coefficient (Wildman–Crippen LogP) is 2.49. The molecule has 0 saturated carbocycles. The summed E-state index contributed by atoms with van der Waals surface area (Å²) in [7, 11) is 0. The molecule has 8 heteroatoms. The summed E-state index contributed by atoms with van der Waals surface area (Å²) in [5, 5.41) is 14.1. The van der Waals surface area contributed by atoms with Gasteiger partial charge in [0.15, 0.2) is 0 Å². The Balaban J connectivity index is 1.78. The first-order valence-electron chi connectivity index (χ1n) is 8.60. The molecule has 28 heavy (non-hydrogen) atoms. The number of anilines is 1. The second-order valence-electron chi connectivity index (χ2n) is 6.33. The van der Waals surface area contributed by atoms with Crippen molar-refractivity contribution in [2.45, 2.75) is 18.9 Å². The van der Waals surface area contributed by atoms with Crippen LogP contribution in [0.2, 0.25) is 0 Å². The Morgan fingerprint density at radius 3 is 2.61 bits per heavy atom. The molecule has 1 atom stereocenters. The first kappa shape index (κ1) is 19.0. The van der Waals surface area contributed by atoms with Crippen molar-refractivity contribution in [3.05, 3.63) is 65.5 Å². The fraction of sp³-hybridized carbons (Fsp3) is 0.200. The highest BCUT2D eigenvalue weighted by atomic mass is 19.1. The predicted molar refractivity (Wildman–Crippen MR) is 98.4 cm³/mol. The number of carbonyl (C=O) groups excluding carboxylic acids is 3. The van der Waals surface area contributed by atoms with Crippen LogP contribution < -0.4 is 10.6 Å². The number of nitriles is 1. The van der Waals surface area contributed by atoms with E-state index in [-0.39, 0.29) is 6.42 Å². The lowest BCUT2D eigenvalue weighted by Gasteiger charge is -2.25. The topological polar surface area (TPSA) is 102 Å². The van der Waals surface area contributed by atoms with Crippen molar-refractivity contribution in [1.29, 1.82) is 5.26 Å². The molecule has 142 valence electrons. The zero-order valence-corrected chi connectivity index (χ0v) is 15.0.